The summed E-state index contributed by atoms with van der Waals surface area (Å²) in [6.45, 7) is 0. The molecule has 1 atom stereocenters. The van der Waals surface area contributed by atoms with Crippen molar-refractivity contribution in [2.75, 3.05) is 0 Å². The van der Waals surface area contributed by atoms with Crippen LogP contribution in [0.25, 0.3) is 0 Å². The maximum Gasteiger partial charge on any atom is 0.311 e. The van der Waals surface area contributed by atoms with E-state index in [2.05, 4.69) is 0 Å². The zero-order chi connectivity index (χ0) is 8.77. The van der Waals surface area contributed by atoms with Gasteiger partial charge in [-0.2, -0.15) is 0 Å². The lowest BCUT2D eigenvalue weighted by Gasteiger charge is -2.39. The topological polar surface area (TPSA) is 63.6 Å². The highest BCUT2D eigenvalue weighted by atomic mass is 16.6. The molecule has 0 amide bonds. The summed E-state index contributed by atoms with van der Waals surface area (Å²) in [7, 11) is 0. The van der Waals surface area contributed by atoms with E-state index in [0.717, 1.165) is 19.3 Å². The summed E-state index contributed by atoms with van der Waals surface area (Å²) in [5.41, 5.74) is -0.622. The van der Waals surface area contributed by atoms with Crippen molar-refractivity contribution in [1.82, 2.24) is 0 Å². The molecule has 4 nitrogen and oxygen atoms in total. The van der Waals surface area contributed by atoms with Gasteiger partial charge in [0, 0.05) is 0 Å². The molecule has 12 heavy (non-hydrogen) atoms. The molecule has 1 unspecified atom stereocenters. The van der Waals surface area contributed by atoms with E-state index in [1.54, 1.807) is 0 Å². The van der Waals surface area contributed by atoms with E-state index >= 15 is 0 Å². The standard InChI is InChI=1S/C8H10O4/c9-6-4-5(7(10)11)8(12-6)2-1-3-8/h5H,1-4H2,(H,10,11). The predicted octanol–water partition coefficient (Wildman–Crippen LogP) is 0.557. The zero-order valence-corrected chi connectivity index (χ0v) is 6.58. The molecule has 0 radical (unpaired) electrons. The van der Waals surface area contributed by atoms with Crippen molar-refractivity contribution < 1.29 is 19.4 Å². The molecule has 0 aromatic carbocycles. The molecule has 1 aliphatic heterocycles. The molecule has 1 spiro atoms. The minimum atomic E-state index is -0.902. The van der Waals surface area contributed by atoms with Crippen molar-refractivity contribution in [1.29, 1.82) is 0 Å². The predicted molar refractivity (Wildman–Crippen MR) is 38.4 cm³/mol. The third kappa shape index (κ3) is 0.838. The van der Waals surface area contributed by atoms with Crippen LogP contribution in [0.3, 0.4) is 0 Å². The van der Waals surface area contributed by atoms with Crippen LogP contribution in [0.2, 0.25) is 0 Å². The molecule has 66 valence electrons. The molecule has 0 bridgehead atoms. The average Bonchev–Trinajstić information content (AvgIpc) is 2.25. The Morgan fingerprint density at radius 3 is 2.58 bits per heavy atom. The highest BCUT2D eigenvalue weighted by molar-refractivity contribution is 5.83. The molecular weight excluding hydrogens is 160 g/mol. The summed E-state index contributed by atoms with van der Waals surface area (Å²) in [5.74, 6) is -1.86. The van der Waals surface area contributed by atoms with Gasteiger partial charge in [-0.1, -0.05) is 0 Å². The second-order valence-corrected chi connectivity index (χ2v) is 3.49. The van der Waals surface area contributed by atoms with Gasteiger partial charge in [0.15, 0.2) is 0 Å². The Balaban J connectivity index is 2.21. The molecule has 4 heteroatoms. The first-order valence-electron chi connectivity index (χ1n) is 4.09. The molecule has 2 rings (SSSR count). The molecular formula is C8H10O4. The number of hydrogen-bond donors (Lipinski definition) is 1. The third-order valence-corrected chi connectivity index (χ3v) is 2.82. The highest BCUT2D eigenvalue weighted by Gasteiger charge is 2.56. The largest absolute Gasteiger partial charge is 0.481 e. The van der Waals surface area contributed by atoms with Gasteiger partial charge < -0.3 is 9.84 Å². The van der Waals surface area contributed by atoms with E-state index < -0.39 is 17.5 Å². The molecule has 1 heterocycles. The molecule has 1 aliphatic carbocycles. The maximum atomic E-state index is 10.9. The molecule has 1 saturated heterocycles. The van der Waals surface area contributed by atoms with Crippen LogP contribution >= 0.6 is 0 Å². The Morgan fingerprint density at radius 1 is 1.58 bits per heavy atom. The van der Waals surface area contributed by atoms with E-state index in [1.165, 1.54) is 0 Å². The van der Waals surface area contributed by atoms with Crippen LogP contribution < -0.4 is 0 Å². The van der Waals surface area contributed by atoms with E-state index in [9.17, 15) is 9.59 Å². The molecule has 1 N–H and O–H groups in total. The minimum Gasteiger partial charge on any atom is -0.481 e. The maximum absolute atomic E-state index is 10.9. The summed E-state index contributed by atoms with van der Waals surface area (Å²) in [6.07, 6.45) is 2.46. The van der Waals surface area contributed by atoms with Gasteiger partial charge in [0.1, 0.15) is 11.5 Å². The average molecular weight is 170 g/mol. The molecule has 0 aromatic heterocycles. The lowest BCUT2D eigenvalue weighted by atomic mass is 9.71. The second kappa shape index (κ2) is 2.21. The van der Waals surface area contributed by atoms with Gasteiger partial charge in [-0.3, -0.25) is 9.59 Å². The van der Waals surface area contributed by atoms with E-state index in [4.69, 9.17) is 9.84 Å². The monoisotopic (exact) mass is 170 g/mol. The van der Waals surface area contributed by atoms with Crippen LogP contribution in [0.5, 0.6) is 0 Å². The van der Waals surface area contributed by atoms with Crippen LogP contribution in [0, 0.1) is 5.92 Å². The van der Waals surface area contributed by atoms with Crippen molar-refractivity contribution in [3.8, 4) is 0 Å². The number of carboxylic acids is 1. The first-order chi connectivity index (χ1) is 5.64. The summed E-state index contributed by atoms with van der Waals surface area (Å²) >= 11 is 0. The van der Waals surface area contributed by atoms with Crippen molar-refractivity contribution >= 4 is 11.9 Å². The highest BCUT2D eigenvalue weighted by Crippen LogP contribution is 2.47. The Morgan fingerprint density at radius 2 is 2.25 bits per heavy atom. The van der Waals surface area contributed by atoms with E-state index in [1.807, 2.05) is 0 Å². The van der Waals surface area contributed by atoms with Crippen LogP contribution in [0.15, 0.2) is 0 Å². The number of rotatable bonds is 1. The van der Waals surface area contributed by atoms with Gasteiger partial charge >= 0.3 is 11.9 Å². The van der Waals surface area contributed by atoms with Gasteiger partial charge in [0.2, 0.25) is 0 Å². The number of carbonyl (C=O) groups excluding carboxylic acids is 1. The van der Waals surface area contributed by atoms with Crippen LogP contribution in [0.4, 0.5) is 0 Å². The number of hydrogen-bond acceptors (Lipinski definition) is 3. The Bertz CT molecular complexity index is 241. The Kier molecular flexibility index (Phi) is 1.40. The van der Waals surface area contributed by atoms with Crippen molar-refractivity contribution in [3.63, 3.8) is 0 Å². The smallest absolute Gasteiger partial charge is 0.311 e. The van der Waals surface area contributed by atoms with Crippen LogP contribution in [0.1, 0.15) is 25.7 Å². The third-order valence-electron chi connectivity index (χ3n) is 2.82. The van der Waals surface area contributed by atoms with E-state index in [-0.39, 0.29) is 12.4 Å². The molecule has 2 aliphatic rings. The molecule has 2 fully saturated rings. The Labute approximate surface area is 69.5 Å². The summed E-state index contributed by atoms with van der Waals surface area (Å²) in [5, 5.41) is 8.80. The number of aliphatic carboxylic acids is 1. The van der Waals surface area contributed by atoms with Gasteiger partial charge in [-0.15, -0.1) is 0 Å². The van der Waals surface area contributed by atoms with Crippen molar-refractivity contribution in [3.05, 3.63) is 0 Å². The number of carbonyl (C=O) groups is 2. The van der Waals surface area contributed by atoms with Gasteiger partial charge in [-0.05, 0) is 19.3 Å². The van der Waals surface area contributed by atoms with Crippen molar-refractivity contribution in [2.24, 2.45) is 5.92 Å². The lowest BCUT2D eigenvalue weighted by Crippen LogP contribution is -2.45. The second-order valence-electron chi connectivity index (χ2n) is 3.49. The summed E-state index contributed by atoms with van der Waals surface area (Å²) < 4.78 is 5.04. The van der Waals surface area contributed by atoms with Crippen LogP contribution in [-0.4, -0.2) is 22.6 Å². The molecule has 1 saturated carbocycles. The lowest BCUT2D eigenvalue weighted by molar-refractivity contribution is -0.164. The number of esters is 1. The SMILES string of the molecule is O=C1CC(C(=O)O)C2(CCC2)O1. The number of carboxylic acid groups (broad SMARTS) is 1. The fourth-order valence-electron chi connectivity index (χ4n) is 1.98. The zero-order valence-electron chi connectivity index (χ0n) is 6.58. The number of ether oxygens (including phenoxy) is 1. The van der Waals surface area contributed by atoms with Crippen LogP contribution in [-0.2, 0) is 14.3 Å². The van der Waals surface area contributed by atoms with Crippen molar-refractivity contribution in [2.45, 2.75) is 31.3 Å². The van der Waals surface area contributed by atoms with E-state index in [0.29, 0.717) is 0 Å². The van der Waals surface area contributed by atoms with Gasteiger partial charge in [0.25, 0.3) is 0 Å². The minimum absolute atomic E-state index is 0.0509. The summed E-state index contributed by atoms with van der Waals surface area (Å²) in [6, 6.07) is 0. The first kappa shape index (κ1) is 7.58. The fraction of sp³-hybridized carbons (Fsp3) is 0.750. The van der Waals surface area contributed by atoms with Gasteiger partial charge in [0.05, 0.1) is 6.42 Å². The Hall–Kier alpha value is -1.06. The summed E-state index contributed by atoms with van der Waals surface area (Å²) in [4.78, 5) is 21.6. The fourth-order valence-corrected chi connectivity index (χ4v) is 1.98. The quantitative estimate of drug-likeness (QED) is 0.584. The first-order valence-corrected chi connectivity index (χ1v) is 4.09. The normalized spacial score (nSPS) is 31.3. The van der Waals surface area contributed by atoms with Gasteiger partial charge in [-0.25, -0.2) is 0 Å². The molecule has 0 aromatic rings.